The number of hydrogen-bond acceptors (Lipinski definition) is 3. The molecule has 106 valence electrons. The molecular weight excluding hydrogens is 360 g/mol. The SMILES string of the molecule is CCCc1cc(C(=O)NCc2sccc2Br)cc(Cl)n1. The first-order valence-corrected chi connectivity index (χ1v) is 8.31. The predicted molar refractivity (Wildman–Crippen MR) is 86.4 cm³/mol. The van der Waals surface area contributed by atoms with E-state index in [0.717, 1.165) is 27.9 Å². The Bertz CT molecular complexity index is 615. The molecule has 0 saturated heterocycles. The van der Waals surface area contributed by atoms with E-state index in [4.69, 9.17) is 11.6 Å². The van der Waals surface area contributed by atoms with E-state index >= 15 is 0 Å². The van der Waals surface area contributed by atoms with Gasteiger partial charge in [-0.05, 0) is 45.9 Å². The lowest BCUT2D eigenvalue weighted by molar-refractivity contribution is 0.0951. The van der Waals surface area contributed by atoms with E-state index in [9.17, 15) is 4.79 Å². The van der Waals surface area contributed by atoms with Crippen LogP contribution < -0.4 is 5.32 Å². The van der Waals surface area contributed by atoms with Crippen LogP contribution in [-0.2, 0) is 13.0 Å². The largest absolute Gasteiger partial charge is 0.347 e. The number of aryl methyl sites for hydroxylation is 1. The fourth-order valence-electron chi connectivity index (χ4n) is 1.78. The number of carbonyl (C=O) groups is 1. The van der Waals surface area contributed by atoms with E-state index in [-0.39, 0.29) is 5.91 Å². The monoisotopic (exact) mass is 372 g/mol. The highest BCUT2D eigenvalue weighted by molar-refractivity contribution is 9.10. The highest BCUT2D eigenvalue weighted by atomic mass is 79.9. The second kappa shape index (κ2) is 7.20. The lowest BCUT2D eigenvalue weighted by atomic mass is 10.1. The van der Waals surface area contributed by atoms with Crippen molar-refractivity contribution in [2.45, 2.75) is 26.3 Å². The molecule has 0 aliphatic rings. The second-order valence-electron chi connectivity index (χ2n) is 4.29. The average molecular weight is 374 g/mol. The van der Waals surface area contributed by atoms with Crippen molar-refractivity contribution in [1.82, 2.24) is 10.3 Å². The summed E-state index contributed by atoms with van der Waals surface area (Å²) in [7, 11) is 0. The molecule has 20 heavy (non-hydrogen) atoms. The number of aromatic nitrogens is 1. The number of carbonyl (C=O) groups excluding carboxylic acids is 1. The van der Waals surface area contributed by atoms with Crippen molar-refractivity contribution in [3.8, 4) is 0 Å². The van der Waals surface area contributed by atoms with Gasteiger partial charge in [-0.1, -0.05) is 24.9 Å². The van der Waals surface area contributed by atoms with Crippen molar-refractivity contribution in [2.24, 2.45) is 0 Å². The Balaban J connectivity index is 2.07. The van der Waals surface area contributed by atoms with Crippen molar-refractivity contribution in [3.05, 3.63) is 49.3 Å². The molecule has 2 heterocycles. The highest BCUT2D eigenvalue weighted by Crippen LogP contribution is 2.22. The van der Waals surface area contributed by atoms with Crippen molar-refractivity contribution in [1.29, 1.82) is 0 Å². The third-order valence-corrected chi connectivity index (χ3v) is 4.84. The molecule has 0 bridgehead atoms. The van der Waals surface area contributed by atoms with Crippen molar-refractivity contribution < 1.29 is 4.79 Å². The molecule has 2 aromatic heterocycles. The van der Waals surface area contributed by atoms with Gasteiger partial charge in [-0.15, -0.1) is 11.3 Å². The molecule has 1 N–H and O–H groups in total. The van der Waals surface area contributed by atoms with Crippen LogP contribution in [0.4, 0.5) is 0 Å². The van der Waals surface area contributed by atoms with Crippen LogP contribution in [0.15, 0.2) is 28.1 Å². The van der Waals surface area contributed by atoms with E-state index in [1.165, 1.54) is 0 Å². The summed E-state index contributed by atoms with van der Waals surface area (Å²) in [5.74, 6) is -0.132. The van der Waals surface area contributed by atoms with E-state index in [1.54, 1.807) is 23.5 Å². The van der Waals surface area contributed by atoms with Crippen LogP contribution in [0.2, 0.25) is 5.15 Å². The standard InChI is InChI=1S/C14H14BrClN2OS/c1-2-3-10-6-9(7-13(16)18-10)14(19)17-8-12-11(15)4-5-20-12/h4-7H,2-3,8H2,1H3,(H,17,19). The van der Waals surface area contributed by atoms with Crippen LogP contribution in [0.25, 0.3) is 0 Å². The zero-order valence-corrected chi connectivity index (χ0v) is 14.1. The molecule has 0 spiro atoms. The molecule has 0 aliphatic heterocycles. The fraction of sp³-hybridized carbons (Fsp3) is 0.286. The number of nitrogens with one attached hydrogen (secondary N) is 1. The van der Waals surface area contributed by atoms with Crippen LogP contribution in [0.5, 0.6) is 0 Å². The Kier molecular flexibility index (Phi) is 5.57. The molecule has 2 aromatic rings. The van der Waals surface area contributed by atoms with Crippen LogP contribution in [0, 0.1) is 0 Å². The number of halogens is 2. The van der Waals surface area contributed by atoms with Crippen LogP contribution in [-0.4, -0.2) is 10.9 Å². The minimum Gasteiger partial charge on any atom is -0.347 e. The van der Waals surface area contributed by atoms with Gasteiger partial charge >= 0.3 is 0 Å². The van der Waals surface area contributed by atoms with Gasteiger partial charge in [0.2, 0.25) is 0 Å². The van der Waals surface area contributed by atoms with E-state index in [1.807, 2.05) is 11.4 Å². The Hall–Kier alpha value is -0.910. The van der Waals surface area contributed by atoms with Crippen molar-refractivity contribution in [3.63, 3.8) is 0 Å². The van der Waals surface area contributed by atoms with Gasteiger partial charge in [-0.2, -0.15) is 0 Å². The maximum Gasteiger partial charge on any atom is 0.251 e. The number of hydrogen-bond donors (Lipinski definition) is 1. The van der Waals surface area contributed by atoms with Gasteiger partial charge in [0, 0.05) is 20.6 Å². The Morgan fingerprint density at radius 3 is 2.95 bits per heavy atom. The highest BCUT2D eigenvalue weighted by Gasteiger charge is 2.10. The summed E-state index contributed by atoms with van der Waals surface area (Å²) in [6.07, 6.45) is 1.79. The third kappa shape index (κ3) is 4.04. The lowest BCUT2D eigenvalue weighted by Crippen LogP contribution is -2.22. The Morgan fingerprint density at radius 1 is 1.50 bits per heavy atom. The number of nitrogens with zero attached hydrogens (tertiary/aromatic N) is 1. The van der Waals surface area contributed by atoms with Gasteiger partial charge in [0.05, 0.1) is 6.54 Å². The molecule has 0 fully saturated rings. The summed E-state index contributed by atoms with van der Waals surface area (Å²) in [4.78, 5) is 17.5. The predicted octanol–water partition coefficient (Wildman–Crippen LogP) is 4.44. The zero-order chi connectivity index (χ0) is 14.5. The molecule has 0 saturated carbocycles. The minimum absolute atomic E-state index is 0.132. The molecule has 6 heteroatoms. The average Bonchev–Trinajstić information content (AvgIpc) is 2.81. The molecule has 1 amide bonds. The van der Waals surface area contributed by atoms with Gasteiger partial charge in [-0.3, -0.25) is 4.79 Å². The topological polar surface area (TPSA) is 42.0 Å². The van der Waals surface area contributed by atoms with E-state index in [0.29, 0.717) is 17.3 Å². The number of rotatable bonds is 5. The summed E-state index contributed by atoms with van der Waals surface area (Å²) in [5.41, 5.74) is 1.41. The Morgan fingerprint density at radius 2 is 2.30 bits per heavy atom. The molecule has 0 aliphatic carbocycles. The van der Waals surface area contributed by atoms with Crippen LogP contribution in [0.3, 0.4) is 0 Å². The van der Waals surface area contributed by atoms with Crippen LogP contribution >= 0.6 is 38.9 Å². The smallest absolute Gasteiger partial charge is 0.251 e. The lowest BCUT2D eigenvalue weighted by Gasteiger charge is -2.07. The van der Waals surface area contributed by atoms with Crippen LogP contribution in [0.1, 0.15) is 34.3 Å². The summed E-state index contributed by atoms with van der Waals surface area (Å²) < 4.78 is 1.02. The molecule has 0 atom stereocenters. The molecular formula is C14H14BrClN2OS. The maximum absolute atomic E-state index is 12.2. The van der Waals surface area contributed by atoms with Gasteiger partial charge in [0.25, 0.3) is 5.91 Å². The quantitative estimate of drug-likeness (QED) is 0.787. The third-order valence-electron chi connectivity index (χ3n) is 2.72. The van der Waals surface area contributed by atoms with Crippen molar-refractivity contribution >= 4 is 44.8 Å². The summed E-state index contributed by atoms with van der Waals surface area (Å²) >= 11 is 11.0. The van der Waals surface area contributed by atoms with E-state index in [2.05, 4.69) is 33.2 Å². The molecule has 3 nitrogen and oxygen atoms in total. The number of thiophene rings is 1. The fourth-order valence-corrected chi connectivity index (χ4v) is 3.44. The molecule has 2 rings (SSSR count). The first-order chi connectivity index (χ1) is 9.60. The minimum atomic E-state index is -0.132. The van der Waals surface area contributed by atoms with Crippen molar-refractivity contribution in [2.75, 3.05) is 0 Å². The molecule has 0 unspecified atom stereocenters. The Labute approximate surface area is 135 Å². The van der Waals surface area contributed by atoms with Gasteiger partial charge in [-0.25, -0.2) is 4.98 Å². The van der Waals surface area contributed by atoms with Gasteiger partial charge < -0.3 is 5.32 Å². The molecule has 0 aromatic carbocycles. The second-order valence-corrected chi connectivity index (χ2v) is 6.54. The summed E-state index contributed by atoms with van der Waals surface area (Å²) in [6.45, 7) is 2.57. The van der Waals surface area contributed by atoms with Gasteiger partial charge in [0.1, 0.15) is 5.15 Å². The first-order valence-electron chi connectivity index (χ1n) is 6.26. The van der Waals surface area contributed by atoms with E-state index < -0.39 is 0 Å². The van der Waals surface area contributed by atoms with Gasteiger partial charge in [0.15, 0.2) is 0 Å². The number of amides is 1. The first kappa shape index (κ1) is 15.5. The molecule has 0 radical (unpaired) electrons. The summed E-state index contributed by atoms with van der Waals surface area (Å²) in [6, 6.07) is 5.36. The normalized spacial score (nSPS) is 10.6. The summed E-state index contributed by atoms with van der Waals surface area (Å²) in [5, 5.41) is 5.23. The number of pyridine rings is 1. The maximum atomic E-state index is 12.2. The zero-order valence-electron chi connectivity index (χ0n) is 11.0.